The van der Waals surface area contributed by atoms with Crippen molar-refractivity contribution in [3.8, 4) is 0 Å². The van der Waals surface area contributed by atoms with Gasteiger partial charge in [0.15, 0.2) is 0 Å². The van der Waals surface area contributed by atoms with Crippen LogP contribution in [0.4, 0.5) is 0 Å². The second kappa shape index (κ2) is 20.7. The van der Waals surface area contributed by atoms with Crippen molar-refractivity contribution in [2.24, 2.45) is 5.41 Å². The fourth-order valence-electron chi connectivity index (χ4n) is 2.50. The van der Waals surface area contributed by atoms with E-state index in [9.17, 15) is 14.7 Å². The minimum Gasteiger partial charge on any atom is -1.00 e. The van der Waals surface area contributed by atoms with Crippen molar-refractivity contribution in [2.75, 3.05) is 34.2 Å². The lowest BCUT2D eigenvalue weighted by Gasteiger charge is -2.28. The van der Waals surface area contributed by atoms with Crippen LogP contribution in [0.25, 0.3) is 0 Å². The molecule has 0 aliphatic heterocycles. The van der Waals surface area contributed by atoms with Gasteiger partial charge >= 0.3 is 5.97 Å². The van der Waals surface area contributed by atoms with Crippen molar-refractivity contribution < 1.29 is 36.7 Å². The van der Waals surface area contributed by atoms with E-state index in [1.54, 1.807) is 12.1 Å². The van der Waals surface area contributed by atoms with E-state index in [1.165, 1.54) is 5.56 Å². The van der Waals surface area contributed by atoms with E-state index >= 15 is 0 Å². The summed E-state index contributed by atoms with van der Waals surface area (Å²) >= 11 is 0. The summed E-state index contributed by atoms with van der Waals surface area (Å²) in [4.78, 5) is 22.3. The first-order chi connectivity index (χ1) is 13.2. The number of carboxylic acids is 1. The number of quaternary nitrogens is 1. The number of aromatic carboxylic acids is 1. The minimum atomic E-state index is -0.865. The molecule has 1 aromatic carbocycles. The van der Waals surface area contributed by atoms with Crippen LogP contribution in [0.2, 0.25) is 0 Å². The number of aliphatic hydroxyl groups excluding tert-OH is 1. The third kappa shape index (κ3) is 18.8. The first-order valence-electron chi connectivity index (χ1n) is 10.3. The molecule has 0 aromatic heterocycles. The van der Waals surface area contributed by atoms with Gasteiger partial charge in [-0.3, -0.25) is 4.79 Å². The van der Waals surface area contributed by atoms with Gasteiger partial charge in [0.1, 0.15) is 12.6 Å². The van der Waals surface area contributed by atoms with Crippen molar-refractivity contribution in [1.29, 1.82) is 0 Å². The maximum absolute atomic E-state index is 11.7. The highest BCUT2D eigenvalue weighted by atomic mass is 35.5. The largest absolute Gasteiger partial charge is 1.00 e. The molecule has 7 heteroatoms. The molecular formula is C27H57ClN2O4. The highest BCUT2D eigenvalue weighted by Gasteiger charge is 2.26. The van der Waals surface area contributed by atoms with Gasteiger partial charge in [0.2, 0.25) is 5.91 Å². The normalized spacial score (nSPS) is 11.7. The number of amides is 1. The van der Waals surface area contributed by atoms with Crippen LogP contribution < -0.4 is 17.7 Å². The molecule has 1 amide bonds. The molecule has 2 atom stereocenters. The number of likely N-dealkylation sites (N-methyl/N-ethyl adjacent to an activating group) is 1. The summed E-state index contributed by atoms with van der Waals surface area (Å²) < 4.78 is 0.689. The van der Waals surface area contributed by atoms with E-state index in [4.69, 9.17) is 5.11 Å². The summed E-state index contributed by atoms with van der Waals surface area (Å²) in [5.41, 5.74) is 1.20. The number of carbonyl (C=O) groups excluding carboxylic acids is 1. The average molecular weight is 509 g/mol. The number of hydrogen-bond acceptors (Lipinski definition) is 3. The number of nitrogens with one attached hydrogen (secondary N) is 1. The monoisotopic (exact) mass is 508 g/mol. The van der Waals surface area contributed by atoms with Gasteiger partial charge in [-0.15, -0.1) is 0 Å². The van der Waals surface area contributed by atoms with E-state index in [1.807, 2.05) is 54.0 Å². The molecule has 34 heavy (non-hydrogen) atoms. The fraction of sp³-hybridized carbons (Fsp3) is 0.704. The van der Waals surface area contributed by atoms with Crippen LogP contribution in [-0.4, -0.2) is 66.9 Å². The average Bonchev–Trinajstić information content (AvgIpc) is 2.64. The molecular weight excluding hydrogens is 452 g/mol. The van der Waals surface area contributed by atoms with Crippen molar-refractivity contribution in [3.63, 3.8) is 0 Å². The summed E-state index contributed by atoms with van der Waals surface area (Å²) in [7, 11) is 6.04. The Kier molecular flexibility index (Phi) is 27.9. The molecule has 206 valence electrons. The molecule has 0 spiro atoms. The lowest BCUT2D eigenvalue weighted by Crippen LogP contribution is -3.00. The maximum atomic E-state index is 11.7. The molecule has 0 bridgehead atoms. The van der Waals surface area contributed by atoms with Crippen molar-refractivity contribution in [3.05, 3.63) is 35.4 Å². The zero-order valence-corrected chi connectivity index (χ0v) is 20.6. The number of benzene rings is 1. The fourth-order valence-corrected chi connectivity index (χ4v) is 2.50. The smallest absolute Gasteiger partial charge is 0.335 e. The number of nitrogens with zero attached hydrogens (tertiary/aromatic N) is 1. The van der Waals surface area contributed by atoms with E-state index in [0.717, 1.165) is 12.8 Å². The molecule has 1 rings (SSSR count). The van der Waals surface area contributed by atoms with Gasteiger partial charge in [0, 0.05) is 12.0 Å². The molecule has 0 aliphatic rings. The highest BCUT2D eigenvalue weighted by molar-refractivity contribution is 5.87. The van der Waals surface area contributed by atoms with E-state index in [-0.39, 0.29) is 53.4 Å². The van der Waals surface area contributed by atoms with Gasteiger partial charge in [0.25, 0.3) is 0 Å². The maximum Gasteiger partial charge on any atom is 0.335 e. The van der Waals surface area contributed by atoms with Crippen LogP contribution in [0, 0.1) is 5.41 Å². The zero-order chi connectivity index (χ0) is 22.8. The Bertz CT molecular complexity index is 641. The third-order valence-corrected chi connectivity index (χ3v) is 5.09. The summed E-state index contributed by atoms with van der Waals surface area (Å²) in [5.74, 6) is -0.353. The number of rotatable bonds is 9. The lowest BCUT2D eigenvalue weighted by molar-refractivity contribution is -0.873. The Morgan fingerprint density at radius 3 is 1.76 bits per heavy atom. The minimum absolute atomic E-state index is 0. The molecule has 2 unspecified atom stereocenters. The summed E-state index contributed by atoms with van der Waals surface area (Å²) in [6.07, 6.45) is 1.38. The zero-order valence-electron chi connectivity index (χ0n) is 19.8. The first-order valence-corrected chi connectivity index (χ1v) is 10.3. The predicted octanol–water partition coefficient (Wildman–Crippen LogP) is 3.05. The molecule has 0 fully saturated rings. The molecule has 0 saturated carbocycles. The molecule has 3 N–H and O–H groups in total. The van der Waals surface area contributed by atoms with E-state index in [2.05, 4.69) is 19.2 Å². The van der Waals surface area contributed by atoms with Gasteiger partial charge in [0.05, 0.1) is 26.7 Å². The van der Waals surface area contributed by atoms with Crippen LogP contribution in [-0.2, 0) is 4.79 Å². The summed E-state index contributed by atoms with van der Waals surface area (Å²) in [5, 5.41) is 21.2. The molecule has 0 saturated heterocycles. The SMILES string of the molecule is C.C.C.C.CCC(C)(C)C(=O)NCC(O)C[N+](C)(C)C.CCC(C)c1ccc(C(=O)O)cc1.[Cl-]. The van der Waals surface area contributed by atoms with Crippen molar-refractivity contribution in [2.45, 2.75) is 89.2 Å². The quantitative estimate of drug-likeness (QED) is 0.447. The number of carbonyl (C=O) groups is 2. The molecule has 0 aliphatic carbocycles. The van der Waals surface area contributed by atoms with Crippen LogP contribution in [0.5, 0.6) is 0 Å². The second-order valence-electron chi connectivity index (χ2n) is 9.31. The first kappa shape index (κ1) is 45.8. The Balaban J connectivity index is -0.000000102. The number of carboxylic acid groups (broad SMARTS) is 1. The Hall–Kier alpha value is -1.63. The van der Waals surface area contributed by atoms with E-state index in [0.29, 0.717) is 29.1 Å². The van der Waals surface area contributed by atoms with Gasteiger partial charge < -0.3 is 32.4 Å². The van der Waals surface area contributed by atoms with Crippen molar-refractivity contribution in [1.82, 2.24) is 5.32 Å². The topological polar surface area (TPSA) is 86.6 Å². The van der Waals surface area contributed by atoms with Gasteiger partial charge in [-0.2, -0.15) is 0 Å². The third-order valence-electron chi connectivity index (χ3n) is 5.09. The molecule has 1 aromatic rings. The van der Waals surface area contributed by atoms with Crippen LogP contribution in [0.15, 0.2) is 24.3 Å². The van der Waals surface area contributed by atoms with Gasteiger partial charge in [-0.1, -0.05) is 76.5 Å². The summed E-state index contributed by atoms with van der Waals surface area (Å²) in [6.45, 7) is 11.0. The van der Waals surface area contributed by atoms with Gasteiger partial charge in [-0.25, -0.2) is 4.79 Å². The standard InChI is InChI=1S/C12H26N2O2.C11H14O2.4CH4.ClH/c1-7-12(2,3)11(16)13-8-10(15)9-14(4,5)6;1-3-8(2)9-4-6-10(7-5-9)11(12)13;;;;;/h10,15H,7-9H2,1-6H3;4-8H,3H2,1-2H3,(H,12,13);4*1H4;1H. The number of aliphatic hydroxyl groups is 1. The number of hydrogen-bond donors (Lipinski definition) is 3. The predicted molar refractivity (Wildman–Crippen MR) is 145 cm³/mol. The number of halogens is 1. The Morgan fingerprint density at radius 2 is 1.44 bits per heavy atom. The van der Waals surface area contributed by atoms with Crippen LogP contribution in [0.1, 0.15) is 99.0 Å². The van der Waals surface area contributed by atoms with E-state index < -0.39 is 12.1 Å². The van der Waals surface area contributed by atoms with Crippen LogP contribution >= 0.6 is 0 Å². The van der Waals surface area contributed by atoms with Gasteiger partial charge in [-0.05, 0) is 36.5 Å². The molecule has 6 nitrogen and oxygen atoms in total. The lowest BCUT2D eigenvalue weighted by atomic mass is 9.89. The Labute approximate surface area is 218 Å². The molecule has 0 heterocycles. The highest BCUT2D eigenvalue weighted by Crippen LogP contribution is 2.19. The second-order valence-corrected chi connectivity index (χ2v) is 9.31. The Morgan fingerprint density at radius 1 is 1.00 bits per heavy atom. The summed E-state index contributed by atoms with van der Waals surface area (Å²) in [6, 6.07) is 7.09. The molecule has 0 radical (unpaired) electrons. The van der Waals surface area contributed by atoms with Crippen molar-refractivity contribution >= 4 is 11.9 Å². The van der Waals surface area contributed by atoms with Crippen LogP contribution in [0.3, 0.4) is 0 Å².